The van der Waals surface area contributed by atoms with Gasteiger partial charge in [-0.3, -0.25) is 9.10 Å². The number of sulfonamides is 1. The number of nitrogens with one attached hydrogen (secondary N) is 1. The van der Waals surface area contributed by atoms with Crippen LogP contribution in [0.25, 0.3) is 0 Å². The first kappa shape index (κ1) is 20.0. The van der Waals surface area contributed by atoms with Crippen molar-refractivity contribution >= 4 is 27.3 Å². The number of fused-ring (bicyclic) bond motifs is 1. The number of halogens is 2. The minimum Gasteiger partial charge on any atom is -0.322 e. The molecular weight excluding hydrogens is 410 g/mol. The van der Waals surface area contributed by atoms with Crippen molar-refractivity contribution < 1.29 is 22.0 Å². The Balaban J connectivity index is 1.62. The highest BCUT2D eigenvalue weighted by Crippen LogP contribution is 2.37. The second-order valence-corrected chi connectivity index (χ2v) is 8.93. The van der Waals surface area contributed by atoms with E-state index in [9.17, 15) is 22.0 Å². The van der Waals surface area contributed by atoms with Crippen molar-refractivity contribution in [2.45, 2.75) is 24.3 Å². The van der Waals surface area contributed by atoms with E-state index in [1.54, 1.807) is 25.1 Å². The first-order valence-electron chi connectivity index (χ1n) is 9.25. The van der Waals surface area contributed by atoms with E-state index in [4.69, 9.17) is 0 Å². The van der Waals surface area contributed by atoms with E-state index >= 15 is 0 Å². The van der Waals surface area contributed by atoms with Crippen LogP contribution >= 0.6 is 0 Å². The molecule has 1 aliphatic rings. The molecule has 3 aromatic carbocycles. The van der Waals surface area contributed by atoms with Gasteiger partial charge in [0.2, 0.25) is 0 Å². The average Bonchev–Trinajstić information content (AvgIpc) is 3.05. The van der Waals surface area contributed by atoms with Gasteiger partial charge in [-0.2, -0.15) is 0 Å². The van der Waals surface area contributed by atoms with Crippen LogP contribution in [-0.4, -0.2) is 20.4 Å². The van der Waals surface area contributed by atoms with Crippen molar-refractivity contribution in [2.24, 2.45) is 0 Å². The van der Waals surface area contributed by atoms with Gasteiger partial charge in [0.25, 0.3) is 15.9 Å². The summed E-state index contributed by atoms with van der Waals surface area (Å²) < 4.78 is 53.7. The summed E-state index contributed by atoms with van der Waals surface area (Å²) in [5.74, 6) is -1.29. The van der Waals surface area contributed by atoms with Crippen LogP contribution in [0.1, 0.15) is 22.8 Å². The van der Waals surface area contributed by atoms with E-state index in [-0.39, 0.29) is 16.8 Å². The van der Waals surface area contributed by atoms with Gasteiger partial charge in [0.1, 0.15) is 11.6 Å². The molecule has 0 radical (unpaired) electrons. The Kier molecular flexibility index (Phi) is 5.03. The van der Waals surface area contributed by atoms with Crippen LogP contribution < -0.4 is 9.62 Å². The molecule has 0 bridgehead atoms. The standard InChI is InChI=1S/C22H18F2N2O3S/c1-14-12-16-13-15(22(27)25-19-7-3-17(23)4-8-19)2-11-21(16)26(14)30(28,29)20-9-5-18(24)6-10-20/h2-11,13-14H,12H2,1H3,(H,25,27)/t14-/m0/s1. The summed E-state index contributed by atoms with van der Waals surface area (Å²) in [6.07, 6.45) is 0.438. The van der Waals surface area contributed by atoms with Crippen LogP contribution in [-0.2, 0) is 16.4 Å². The third-order valence-corrected chi connectivity index (χ3v) is 6.91. The molecule has 1 amide bonds. The molecule has 1 heterocycles. The Morgan fingerprint density at radius 1 is 0.967 bits per heavy atom. The number of anilines is 2. The van der Waals surface area contributed by atoms with Gasteiger partial charge in [0.15, 0.2) is 0 Å². The second kappa shape index (κ2) is 7.53. The van der Waals surface area contributed by atoms with Gasteiger partial charge in [-0.05, 0) is 85.6 Å². The highest BCUT2D eigenvalue weighted by Gasteiger charge is 2.36. The molecule has 1 atom stereocenters. The van der Waals surface area contributed by atoms with Crippen LogP contribution in [0.2, 0.25) is 0 Å². The number of carbonyl (C=O) groups is 1. The number of hydrogen-bond acceptors (Lipinski definition) is 3. The Morgan fingerprint density at radius 3 is 2.20 bits per heavy atom. The summed E-state index contributed by atoms with van der Waals surface area (Å²) in [7, 11) is -3.87. The maximum absolute atomic E-state index is 13.2. The summed E-state index contributed by atoms with van der Waals surface area (Å²) >= 11 is 0. The van der Waals surface area contributed by atoms with Crippen LogP contribution in [0.3, 0.4) is 0 Å². The first-order chi connectivity index (χ1) is 14.3. The number of hydrogen-bond donors (Lipinski definition) is 1. The van der Waals surface area contributed by atoms with Gasteiger partial charge < -0.3 is 5.32 Å². The molecule has 0 aliphatic carbocycles. The van der Waals surface area contributed by atoms with Crippen LogP contribution in [0, 0.1) is 11.6 Å². The zero-order chi connectivity index (χ0) is 21.5. The first-order valence-corrected chi connectivity index (χ1v) is 10.7. The van der Waals surface area contributed by atoms with E-state index in [0.29, 0.717) is 23.4 Å². The molecule has 3 aromatic rings. The van der Waals surface area contributed by atoms with Crippen molar-refractivity contribution in [3.63, 3.8) is 0 Å². The number of carbonyl (C=O) groups excluding carboxylic acids is 1. The maximum Gasteiger partial charge on any atom is 0.264 e. The van der Waals surface area contributed by atoms with Gasteiger partial charge in [-0.1, -0.05) is 0 Å². The molecule has 8 heteroatoms. The zero-order valence-electron chi connectivity index (χ0n) is 16.0. The molecule has 154 valence electrons. The third-order valence-electron chi connectivity index (χ3n) is 4.97. The number of nitrogens with zero attached hydrogens (tertiary/aromatic N) is 1. The molecule has 4 rings (SSSR count). The fourth-order valence-electron chi connectivity index (χ4n) is 3.57. The lowest BCUT2D eigenvalue weighted by atomic mass is 10.1. The Bertz CT molecular complexity index is 1210. The molecule has 0 unspecified atom stereocenters. The molecule has 0 fully saturated rings. The summed E-state index contributed by atoms with van der Waals surface area (Å²) in [6.45, 7) is 1.78. The fourth-order valence-corrected chi connectivity index (χ4v) is 5.26. The van der Waals surface area contributed by atoms with Crippen molar-refractivity contribution in [2.75, 3.05) is 9.62 Å². The Labute approximate surface area is 173 Å². The number of amides is 1. The summed E-state index contributed by atoms with van der Waals surface area (Å²) in [5.41, 5.74) is 2.03. The molecule has 0 spiro atoms. The average molecular weight is 428 g/mol. The molecule has 5 nitrogen and oxygen atoms in total. The van der Waals surface area contributed by atoms with Crippen LogP contribution in [0.4, 0.5) is 20.2 Å². The van der Waals surface area contributed by atoms with Gasteiger partial charge in [0, 0.05) is 17.3 Å². The normalized spacial score (nSPS) is 15.7. The summed E-state index contributed by atoms with van der Waals surface area (Å²) in [5, 5.41) is 2.69. The number of rotatable bonds is 4. The van der Waals surface area contributed by atoms with Gasteiger partial charge in [-0.15, -0.1) is 0 Å². The van der Waals surface area contributed by atoms with Gasteiger partial charge in [0.05, 0.1) is 10.6 Å². The van der Waals surface area contributed by atoms with E-state index in [2.05, 4.69) is 5.32 Å². The summed E-state index contributed by atoms with van der Waals surface area (Å²) in [4.78, 5) is 12.5. The topological polar surface area (TPSA) is 66.5 Å². The molecule has 1 N–H and O–H groups in total. The van der Waals surface area contributed by atoms with Gasteiger partial charge >= 0.3 is 0 Å². The van der Waals surface area contributed by atoms with Gasteiger partial charge in [-0.25, -0.2) is 17.2 Å². The van der Waals surface area contributed by atoms with Crippen molar-refractivity contribution in [1.82, 2.24) is 0 Å². The SMILES string of the molecule is C[C@H]1Cc2cc(C(=O)Nc3ccc(F)cc3)ccc2N1S(=O)(=O)c1ccc(F)cc1. The fraction of sp³-hybridized carbons (Fsp3) is 0.136. The van der Waals surface area contributed by atoms with E-state index in [1.807, 2.05) is 0 Å². The molecule has 0 saturated carbocycles. The molecule has 30 heavy (non-hydrogen) atoms. The highest BCUT2D eigenvalue weighted by molar-refractivity contribution is 7.92. The summed E-state index contributed by atoms with van der Waals surface area (Å²) in [6, 6.07) is 14.5. The lowest BCUT2D eigenvalue weighted by Crippen LogP contribution is -2.35. The third kappa shape index (κ3) is 3.66. The lowest BCUT2D eigenvalue weighted by Gasteiger charge is -2.24. The van der Waals surface area contributed by atoms with Crippen LogP contribution in [0.5, 0.6) is 0 Å². The van der Waals surface area contributed by atoms with Crippen LogP contribution in [0.15, 0.2) is 71.6 Å². The van der Waals surface area contributed by atoms with E-state index in [1.165, 1.54) is 40.7 Å². The molecule has 0 aromatic heterocycles. The smallest absolute Gasteiger partial charge is 0.264 e. The minimum absolute atomic E-state index is 0.00160. The van der Waals surface area contributed by atoms with Crippen molar-refractivity contribution in [3.8, 4) is 0 Å². The van der Waals surface area contributed by atoms with Crippen molar-refractivity contribution in [3.05, 3.63) is 89.5 Å². The monoisotopic (exact) mass is 428 g/mol. The second-order valence-electron chi connectivity index (χ2n) is 7.11. The maximum atomic E-state index is 13.2. The highest BCUT2D eigenvalue weighted by atomic mass is 32.2. The van der Waals surface area contributed by atoms with E-state index in [0.717, 1.165) is 17.7 Å². The number of benzene rings is 3. The predicted octanol–water partition coefficient (Wildman–Crippen LogP) is 4.36. The van der Waals surface area contributed by atoms with E-state index < -0.39 is 21.7 Å². The molecule has 1 aliphatic heterocycles. The predicted molar refractivity (Wildman–Crippen MR) is 110 cm³/mol. The molecule has 0 saturated heterocycles. The zero-order valence-corrected chi connectivity index (χ0v) is 16.8. The Morgan fingerprint density at radius 2 is 1.57 bits per heavy atom. The van der Waals surface area contributed by atoms with Crippen molar-refractivity contribution in [1.29, 1.82) is 0 Å². The minimum atomic E-state index is -3.87. The lowest BCUT2D eigenvalue weighted by molar-refractivity contribution is 0.102. The quantitative estimate of drug-likeness (QED) is 0.672. The Hall–Kier alpha value is -3.26. The largest absolute Gasteiger partial charge is 0.322 e. The molecular formula is C22H18F2N2O3S.